The molecule has 24 heavy (non-hydrogen) atoms. The molecule has 2 heterocycles. The van der Waals surface area contributed by atoms with Crippen LogP contribution in [0.25, 0.3) is 0 Å². The minimum Gasteiger partial charge on any atom is -0.336 e. The molecule has 0 radical (unpaired) electrons. The van der Waals surface area contributed by atoms with Crippen molar-refractivity contribution >= 4 is 5.91 Å². The lowest BCUT2D eigenvalue weighted by Crippen LogP contribution is -2.31. The molecule has 128 valence electrons. The van der Waals surface area contributed by atoms with Gasteiger partial charge in [0.15, 0.2) is 0 Å². The number of aromatic nitrogens is 3. The lowest BCUT2D eigenvalue weighted by atomic mass is 10.0. The average molecular weight is 330 g/mol. The number of H-pyrrole nitrogens is 2. The molecule has 1 saturated heterocycles. The molecule has 7 nitrogen and oxygen atoms in total. The monoisotopic (exact) mass is 330 g/mol. The third-order valence-electron chi connectivity index (χ3n) is 4.54. The summed E-state index contributed by atoms with van der Waals surface area (Å²) in [7, 11) is 0. The van der Waals surface area contributed by atoms with E-state index in [-0.39, 0.29) is 18.5 Å². The smallest absolute Gasteiger partial charge is 0.336 e. The van der Waals surface area contributed by atoms with Crippen molar-refractivity contribution in [1.29, 1.82) is 0 Å². The SMILES string of the molecule is Cc1cccc(C2CCCN2C(=O)CCCn2c(=O)[nH][nH]c2=O)c1. The number of aryl methyl sites for hydroxylation is 1. The normalized spacial score (nSPS) is 17.4. The fraction of sp³-hybridized carbons (Fsp3) is 0.471. The van der Waals surface area contributed by atoms with E-state index in [0.717, 1.165) is 24.0 Å². The lowest BCUT2D eigenvalue weighted by Gasteiger charge is -2.25. The Morgan fingerprint density at radius 2 is 2.00 bits per heavy atom. The third kappa shape index (κ3) is 3.34. The van der Waals surface area contributed by atoms with Gasteiger partial charge in [-0.25, -0.2) is 24.4 Å². The minimum atomic E-state index is -0.466. The predicted molar refractivity (Wildman–Crippen MR) is 89.8 cm³/mol. The van der Waals surface area contributed by atoms with Gasteiger partial charge in [0.1, 0.15) is 0 Å². The molecule has 3 rings (SSSR count). The standard InChI is InChI=1S/C17H22N4O3/c1-12-5-2-6-13(11-12)14-7-3-9-20(14)15(22)8-4-10-21-16(23)18-19-17(21)24/h2,5-6,11,14H,3-4,7-10H2,1H3,(H,18,23)(H,19,24). The van der Waals surface area contributed by atoms with Crippen LogP contribution in [0.5, 0.6) is 0 Å². The molecule has 1 aromatic carbocycles. The number of rotatable bonds is 5. The van der Waals surface area contributed by atoms with Gasteiger partial charge in [-0.3, -0.25) is 4.79 Å². The van der Waals surface area contributed by atoms with Crippen LogP contribution in [0.15, 0.2) is 33.9 Å². The third-order valence-corrected chi connectivity index (χ3v) is 4.54. The molecule has 0 aliphatic carbocycles. The van der Waals surface area contributed by atoms with E-state index in [4.69, 9.17) is 0 Å². The van der Waals surface area contributed by atoms with E-state index in [9.17, 15) is 14.4 Å². The zero-order valence-electron chi connectivity index (χ0n) is 13.7. The number of carbonyl (C=O) groups excluding carboxylic acids is 1. The molecule has 2 N–H and O–H groups in total. The lowest BCUT2D eigenvalue weighted by molar-refractivity contribution is -0.132. The Kier molecular flexibility index (Phi) is 4.69. The van der Waals surface area contributed by atoms with E-state index >= 15 is 0 Å². The summed E-state index contributed by atoms with van der Waals surface area (Å²) in [6.45, 7) is 3.06. The van der Waals surface area contributed by atoms with Crippen LogP contribution in [0.1, 0.15) is 42.9 Å². The van der Waals surface area contributed by atoms with Crippen LogP contribution in [0.4, 0.5) is 0 Å². The van der Waals surface area contributed by atoms with Crippen LogP contribution in [0, 0.1) is 6.92 Å². The molecule has 1 aliphatic rings. The summed E-state index contributed by atoms with van der Waals surface area (Å²) < 4.78 is 1.08. The number of aromatic amines is 2. The maximum absolute atomic E-state index is 12.6. The molecule has 1 amide bonds. The molecule has 1 aliphatic heterocycles. The van der Waals surface area contributed by atoms with Gasteiger partial charge >= 0.3 is 11.4 Å². The first-order valence-corrected chi connectivity index (χ1v) is 8.30. The Labute approximate surface area is 139 Å². The van der Waals surface area contributed by atoms with E-state index in [1.165, 1.54) is 11.1 Å². The zero-order valence-corrected chi connectivity index (χ0v) is 13.7. The molecule has 1 aromatic heterocycles. The first-order chi connectivity index (χ1) is 11.6. The van der Waals surface area contributed by atoms with Crippen molar-refractivity contribution in [3.05, 3.63) is 56.4 Å². The summed E-state index contributed by atoms with van der Waals surface area (Å²) >= 11 is 0. The van der Waals surface area contributed by atoms with E-state index in [1.807, 2.05) is 11.0 Å². The molecule has 7 heteroatoms. The number of amides is 1. The number of hydrogen-bond donors (Lipinski definition) is 2. The highest BCUT2D eigenvalue weighted by atomic mass is 16.2. The van der Waals surface area contributed by atoms with Crippen molar-refractivity contribution in [3.63, 3.8) is 0 Å². The molecule has 0 spiro atoms. The highest BCUT2D eigenvalue weighted by Gasteiger charge is 2.29. The molecule has 1 unspecified atom stereocenters. The van der Waals surface area contributed by atoms with Crippen LogP contribution in [0.2, 0.25) is 0 Å². The molecule has 0 saturated carbocycles. The van der Waals surface area contributed by atoms with Crippen LogP contribution >= 0.6 is 0 Å². The summed E-state index contributed by atoms with van der Waals surface area (Å²) in [5.74, 6) is 0.0824. The number of nitrogens with one attached hydrogen (secondary N) is 2. The molecule has 1 atom stereocenters. The van der Waals surface area contributed by atoms with Crippen molar-refractivity contribution in [2.75, 3.05) is 6.54 Å². The van der Waals surface area contributed by atoms with Crippen LogP contribution in [-0.2, 0) is 11.3 Å². The Balaban J connectivity index is 1.62. The maximum atomic E-state index is 12.6. The summed E-state index contributed by atoms with van der Waals surface area (Å²) in [4.78, 5) is 37.3. The molecule has 0 bridgehead atoms. The van der Waals surface area contributed by atoms with Gasteiger partial charge in [0.2, 0.25) is 5.91 Å². The molecule has 2 aromatic rings. The fourth-order valence-electron chi connectivity index (χ4n) is 3.36. The first-order valence-electron chi connectivity index (χ1n) is 8.30. The van der Waals surface area contributed by atoms with Crippen LogP contribution < -0.4 is 11.4 Å². The van der Waals surface area contributed by atoms with Gasteiger partial charge in [-0.05, 0) is 31.7 Å². The molecular weight excluding hydrogens is 308 g/mol. The van der Waals surface area contributed by atoms with Crippen LogP contribution in [-0.4, -0.2) is 32.1 Å². The van der Waals surface area contributed by atoms with Crippen molar-refractivity contribution in [3.8, 4) is 0 Å². The van der Waals surface area contributed by atoms with Gasteiger partial charge < -0.3 is 4.90 Å². The second-order valence-corrected chi connectivity index (χ2v) is 6.27. The second-order valence-electron chi connectivity index (χ2n) is 6.27. The predicted octanol–water partition coefficient (Wildman–Crippen LogP) is 1.32. The Bertz CT molecular complexity index is 805. The van der Waals surface area contributed by atoms with E-state index in [2.05, 4.69) is 35.3 Å². The van der Waals surface area contributed by atoms with E-state index < -0.39 is 11.4 Å². The maximum Gasteiger partial charge on any atom is 0.344 e. The topological polar surface area (TPSA) is 91.0 Å². The van der Waals surface area contributed by atoms with E-state index in [0.29, 0.717) is 12.8 Å². The highest BCUT2D eigenvalue weighted by molar-refractivity contribution is 5.77. The molecule has 1 fully saturated rings. The van der Waals surface area contributed by atoms with E-state index in [1.54, 1.807) is 0 Å². The van der Waals surface area contributed by atoms with Crippen molar-refractivity contribution in [1.82, 2.24) is 19.7 Å². The Morgan fingerprint density at radius 3 is 2.71 bits per heavy atom. The number of carbonyl (C=O) groups is 1. The fourth-order valence-corrected chi connectivity index (χ4v) is 3.36. The van der Waals surface area contributed by atoms with Gasteiger partial charge in [-0.2, -0.15) is 0 Å². The number of benzene rings is 1. The summed E-state index contributed by atoms with van der Waals surface area (Å²) in [5, 5.41) is 4.48. The molecular formula is C17H22N4O3. The minimum absolute atomic E-state index is 0.0824. The Hall–Kier alpha value is -2.57. The first kappa shape index (κ1) is 16.3. The van der Waals surface area contributed by atoms with Gasteiger partial charge in [0.05, 0.1) is 6.04 Å². The number of nitrogens with zero attached hydrogens (tertiary/aromatic N) is 2. The summed E-state index contributed by atoms with van der Waals surface area (Å²) in [6, 6.07) is 8.42. The quantitative estimate of drug-likeness (QED) is 0.866. The summed E-state index contributed by atoms with van der Waals surface area (Å²) in [5.41, 5.74) is 1.44. The van der Waals surface area contributed by atoms with Gasteiger partial charge in [0, 0.05) is 19.5 Å². The van der Waals surface area contributed by atoms with Crippen molar-refractivity contribution in [2.45, 2.75) is 45.2 Å². The Morgan fingerprint density at radius 1 is 1.25 bits per heavy atom. The van der Waals surface area contributed by atoms with Crippen molar-refractivity contribution in [2.24, 2.45) is 0 Å². The second kappa shape index (κ2) is 6.90. The zero-order chi connectivity index (χ0) is 17.1. The van der Waals surface area contributed by atoms with Crippen LogP contribution in [0.3, 0.4) is 0 Å². The van der Waals surface area contributed by atoms with Crippen molar-refractivity contribution < 1.29 is 4.79 Å². The highest BCUT2D eigenvalue weighted by Crippen LogP contribution is 2.32. The van der Waals surface area contributed by atoms with Gasteiger partial charge in [-0.1, -0.05) is 29.8 Å². The van der Waals surface area contributed by atoms with Gasteiger partial charge in [0.25, 0.3) is 0 Å². The summed E-state index contributed by atoms with van der Waals surface area (Å²) in [6.07, 6.45) is 2.78. The number of likely N-dealkylation sites (tertiary alicyclic amines) is 1. The van der Waals surface area contributed by atoms with Gasteiger partial charge in [-0.15, -0.1) is 0 Å². The number of hydrogen-bond acceptors (Lipinski definition) is 3. The largest absolute Gasteiger partial charge is 0.344 e. The average Bonchev–Trinajstić information content (AvgIpc) is 3.16.